The zero-order valence-corrected chi connectivity index (χ0v) is 11.0. The Kier molecular flexibility index (Phi) is 3.15. The molecular formula is C7H9N5O5S2. The molecule has 2 heterocycles. The number of primary sulfonamides is 1. The number of nitrogens with zero attached hydrogens (tertiary/aromatic N) is 3. The third kappa shape index (κ3) is 2.97. The molecule has 0 aliphatic rings. The molecule has 2 rings (SSSR count). The predicted octanol–water partition coefficient (Wildman–Crippen LogP) is -2.52. The van der Waals surface area contributed by atoms with E-state index >= 15 is 0 Å². The minimum Gasteiger partial charge on any atom is -0.246 e. The fourth-order valence-corrected chi connectivity index (χ4v) is 3.80. The van der Waals surface area contributed by atoms with Gasteiger partial charge >= 0.3 is 5.69 Å². The Labute approximate surface area is 107 Å². The summed E-state index contributed by atoms with van der Waals surface area (Å²) >= 11 is 0. The SMILES string of the molecule is NS(=O)(=O)CCS(=O)(=O)c1cc2n[nH]c(=O)n2cn1. The van der Waals surface area contributed by atoms with Gasteiger partial charge in [0.2, 0.25) is 10.0 Å². The molecule has 3 N–H and O–H groups in total. The summed E-state index contributed by atoms with van der Waals surface area (Å²) in [7, 11) is -7.80. The van der Waals surface area contributed by atoms with E-state index in [1.165, 1.54) is 0 Å². The van der Waals surface area contributed by atoms with Gasteiger partial charge in [-0.05, 0) is 0 Å². The quantitative estimate of drug-likeness (QED) is 0.590. The Balaban J connectivity index is 2.40. The second-order valence-electron chi connectivity index (χ2n) is 3.67. The van der Waals surface area contributed by atoms with Crippen LogP contribution in [0, 0.1) is 0 Å². The number of fused-ring (bicyclic) bond motifs is 1. The molecule has 2 aromatic heterocycles. The van der Waals surface area contributed by atoms with Crippen molar-refractivity contribution in [2.45, 2.75) is 5.03 Å². The van der Waals surface area contributed by atoms with Gasteiger partial charge in [-0.15, -0.1) is 0 Å². The second kappa shape index (κ2) is 4.40. The van der Waals surface area contributed by atoms with Crippen LogP contribution in [0.4, 0.5) is 0 Å². The molecule has 104 valence electrons. The molecule has 0 bridgehead atoms. The highest BCUT2D eigenvalue weighted by Gasteiger charge is 2.20. The fourth-order valence-electron chi connectivity index (χ4n) is 1.29. The van der Waals surface area contributed by atoms with Gasteiger partial charge in [-0.1, -0.05) is 0 Å². The monoisotopic (exact) mass is 307 g/mol. The normalized spacial score (nSPS) is 12.9. The van der Waals surface area contributed by atoms with E-state index in [1.54, 1.807) is 0 Å². The maximum Gasteiger partial charge on any atom is 0.348 e. The molecule has 0 aromatic carbocycles. The first-order valence-electron chi connectivity index (χ1n) is 4.85. The minimum absolute atomic E-state index is 0.0641. The van der Waals surface area contributed by atoms with Crippen LogP contribution in [0.15, 0.2) is 22.2 Å². The average molecular weight is 307 g/mol. The molecule has 0 aliphatic carbocycles. The van der Waals surface area contributed by atoms with E-state index in [0.29, 0.717) is 0 Å². The summed E-state index contributed by atoms with van der Waals surface area (Å²) < 4.78 is 46.2. The van der Waals surface area contributed by atoms with Crippen LogP contribution in [0.3, 0.4) is 0 Å². The molecule has 0 saturated carbocycles. The molecule has 0 amide bonds. The molecule has 0 fully saturated rings. The predicted molar refractivity (Wildman–Crippen MR) is 63.6 cm³/mol. The van der Waals surface area contributed by atoms with Crippen LogP contribution in [-0.2, 0) is 19.9 Å². The van der Waals surface area contributed by atoms with Gasteiger partial charge in [0.1, 0.15) is 6.33 Å². The third-order valence-electron chi connectivity index (χ3n) is 2.24. The van der Waals surface area contributed by atoms with Crippen LogP contribution in [-0.4, -0.2) is 47.9 Å². The lowest BCUT2D eigenvalue weighted by Gasteiger charge is -2.02. The zero-order valence-electron chi connectivity index (χ0n) is 9.35. The summed E-state index contributed by atoms with van der Waals surface area (Å²) in [4.78, 5) is 14.7. The van der Waals surface area contributed by atoms with Gasteiger partial charge in [0.15, 0.2) is 20.5 Å². The van der Waals surface area contributed by atoms with Crippen molar-refractivity contribution in [3.05, 3.63) is 22.9 Å². The number of hydrogen-bond donors (Lipinski definition) is 2. The van der Waals surface area contributed by atoms with Crippen molar-refractivity contribution in [2.75, 3.05) is 11.5 Å². The maximum absolute atomic E-state index is 11.8. The van der Waals surface area contributed by atoms with Crippen LogP contribution < -0.4 is 10.8 Å². The average Bonchev–Trinajstić information content (AvgIpc) is 2.68. The standard InChI is InChI=1S/C7H9N5O5S2/c8-19(16,17)2-1-18(14,15)6-3-5-10-11-7(13)12(5)4-9-6/h3-4H,1-2H2,(H,11,13)(H2,8,16,17). The number of H-pyrrole nitrogens is 1. The Bertz CT molecular complexity index is 878. The van der Waals surface area contributed by atoms with E-state index in [-0.39, 0.29) is 10.7 Å². The van der Waals surface area contributed by atoms with Gasteiger partial charge in [-0.25, -0.2) is 41.3 Å². The summed E-state index contributed by atoms with van der Waals surface area (Å²) in [6.45, 7) is 0. The molecule has 10 nitrogen and oxygen atoms in total. The smallest absolute Gasteiger partial charge is 0.246 e. The highest BCUT2D eigenvalue weighted by molar-refractivity contribution is 7.94. The van der Waals surface area contributed by atoms with E-state index < -0.39 is 37.1 Å². The number of hydrogen-bond acceptors (Lipinski definition) is 7. The molecule has 0 unspecified atom stereocenters. The second-order valence-corrected chi connectivity index (χ2v) is 7.46. The summed E-state index contributed by atoms with van der Waals surface area (Å²) in [5, 5.41) is 10.1. The number of nitrogens with one attached hydrogen (secondary N) is 1. The largest absolute Gasteiger partial charge is 0.348 e. The van der Waals surface area contributed by atoms with Crippen LogP contribution in [0.5, 0.6) is 0 Å². The van der Waals surface area contributed by atoms with Gasteiger partial charge in [-0.3, -0.25) is 0 Å². The lowest BCUT2D eigenvalue weighted by molar-refractivity contribution is 0.586. The lowest BCUT2D eigenvalue weighted by atomic mass is 10.6. The fraction of sp³-hybridized carbons (Fsp3) is 0.286. The Morgan fingerprint density at radius 2 is 1.95 bits per heavy atom. The van der Waals surface area contributed by atoms with Crippen LogP contribution in [0.25, 0.3) is 5.65 Å². The Morgan fingerprint density at radius 3 is 2.58 bits per heavy atom. The zero-order chi connectivity index (χ0) is 14.3. The van der Waals surface area contributed by atoms with Crippen LogP contribution in [0.1, 0.15) is 0 Å². The van der Waals surface area contributed by atoms with Crippen LogP contribution >= 0.6 is 0 Å². The Hall–Kier alpha value is -1.79. The number of nitrogens with two attached hydrogens (primary N) is 1. The van der Waals surface area contributed by atoms with Crippen LogP contribution in [0.2, 0.25) is 0 Å². The molecule has 0 spiro atoms. The minimum atomic E-state index is -3.92. The summed E-state index contributed by atoms with van der Waals surface area (Å²) in [6.07, 6.45) is 0.991. The van der Waals surface area contributed by atoms with Crippen molar-refractivity contribution in [3.8, 4) is 0 Å². The van der Waals surface area contributed by atoms with Gasteiger partial charge in [0.25, 0.3) is 0 Å². The number of aromatic nitrogens is 4. The molecule has 0 saturated heterocycles. The highest BCUT2D eigenvalue weighted by atomic mass is 32.2. The lowest BCUT2D eigenvalue weighted by Crippen LogP contribution is -2.23. The molecule has 0 radical (unpaired) electrons. The van der Waals surface area contributed by atoms with Crippen molar-refractivity contribution < 1.29 is 16.8 Å². The molecule has 0 atom stereocenters. The van der Waals surface area contributed by atoms with Crippen molar-refractivity contribution in [1.82, 2.24) is 19.6 Å². The number of aromatic amines is 1. The number of sulfone groups is 1. The third-order valence-corrected chi connectivity index (χ3v) is 4.87. The summed E-state index contributed by atoms with van der Waals surface area (Å²) in [5.41, 5.74) is -0.495. The molecule has 0 aliphatic heterocycles. The molecular weight excluding hydrogens is 298 g/mol. The summed E-state index contributed by atoms with van der Waals surface area (Å²) in [6, 6.07) is 1.07. The topological polar surface area (TPSA) is 157 Å². The Morgan fingerprint density at radius 1 is 1.26 bits per heavy atom. The van der Waals surface area contributed by atoms with E-state index in [9.17, 15) is 21.6 Å². The van der Waals surface area contributed by atoms with Gasteiger partial charge < -0.3 is 0 Å². The first-order valence-corrected chi connectivity index (χ1v) is 8.22. The molecule has 12 heteroatoms. The number of rotatable bonds is 4. The highest BCUT2D eigenvalue weighted by Crippen LogP contribution is 2.09. The molecule has 19 heavy (non-hydrogen) atoms. The van der Waals surface area contributed by atoms with Gasteiger partial charge in [0, 0.05) is 6.07 Å². The first kappa shape index (κ1) is 13.6. The first-order chi connectivity index (χ1) is 8.69. The van der Waals surface area contributed by atoms with Gasteiger partial charge in [-0.2, -0.15) is 5.10 Å². The van der Waals surface area contributed by atoms with E-state index in [0.717, 1.165) is 16.8 Å². The van der Waals surface area contributed by atoms with Crippen molar-refractivity contribution in [1.29, 1.82) is 0 Å². The molecule has 2 aromatic rings. The maximum atomic E-state index is 11.8. The number of sulfonamides is 1. The van der Waals surface area contributed by atoms with E-state index in [2.05, 4.69) is 15.2 Å². The van der Waals surface area contributed by atoms with Crippen molar-refractivity contribution in [3.63, 3.8) is 0 Å². The summed E-state index contributed by atoms with van der Waals surface area (Å²) in [5.74, 6) is -1.40. The van der Waals surface area contributed by atoms with Gasteiger partial charge in [0.05, 0.1) is 11.5 Å². The van der Waals surface area contributed by atoms with E-state index in [4.69, 9.17) is 5.14 Å². The van der Waals surface area contributed by atoms with E-state index in [1.807, 2.05) is 0 Å². The van der Waals surface area contributed by atoms with Crippen molar-refractivity contribution >= 4 is 25.5 Å². The van der Waals surface area contributed by atoms with Crippen molar-refractivity contribution in [2.24, 2.45) is 5.14 Å².